The molecule has 5 atom stereocenters. The summed E-state index contributed by atoms with van der Waals surface area (Å²) in [7, 11) is 2.17. The summed E-state index contributed by atoms with van der Waals surface area (Å²) in [6.45, 7) is 0.372. The number of furan rings is 1. The van der Waals surface area contributed by atoms with Gasteiger partial charge in [-0.05, 0) is 55.3 Å². The third-order valence-corrected chi connectivity index (χ3v) is 9.24. The fourth-order valence-electron chi connectivity index (χ4n) is 7.59. The maximum absolute atomic E-state index is 12.9. The highest BCUT2D eigenvalue weighted by atomic mass is 16.3. The predicted molar refractivity (Wildman–Crippen MR) is 147 cm³/mol. The first-order valence-corrected chi connectivity index (χ1v) is 13.5. The molecule has 8 rings (SSSR count). The van der Waals surface area contributed by atoms with Crippen molar-refractivity contribution >= 4 is 27.7 Å². The van der Waals surface area contributed by atoms with Gasteiger partial charge in [-0.2, -0.15) is 5.26 Å². The summed E-state index contributed by atoms with van der Waals surface area (Å²) in [6.07, 6.45) is 3.13. The summed E-state index contributed by atoms with van der Waals surface area (Å²) in [5.74, 6) is 0.0366. The molecule has 3 aliphatic rings. The van der Waals surface area contributed by atoms with Crippen LogP contribution in [0.5, 0.6) is 0 Å². The number of hydrogen-bond acceptors (Lipinski definition) is 5. The van der Waals surface area contributed by atoms with E-state index in [9.17, 15) is 10.1 Å². The second kappa shape index (κ2) is 8.34. The largest absolute Gasteiger partial charge is 0.459 e. The smallest absolute Gasteiger partial charge is 0.287 e. The number of piperazine rings is 1. The Balaban J connectivity index is 1.29. The molecule has 0 aliphatic carbocycles. The van der Waals surface area contributed by atoms with Crippen molar-refractivity contribution in [1.29, 1.82) is 5.26 Å². The van der Waals surface area contributed by atoms with Crippen molar-refractivity contribution in [2.24, 2.45) is 0 Å². The van der Waals surface area contributed by atoms with Crippen LogP contribution in [0.15, 0.2) is 71.3 Å². The van der Waals surface area contributed by atoms with Crippen molar-refractivity contribution in [2.75, 3.05) is 13.6 Å². The molecule has 8 nitrogen and oxygen atoms in total. The summed E-state index contributed by atoms with van der Waals surface area (Å²) in [6, 6.07) is 22.7. The van der Waals surface area contributed by atoms with Gasteiger partial charge in [0.15, 0.2) is 5.76 Å². The predicted octanol–water partition coefficient (Wildman–Crippen LogP) is 4.44. The Labute approximate surface area is 225 Å². The Morgan fingerprint density at radius 3 is 2.33 bits per heavy atom. The van der Waals surface area contributed by atoms with Crippen LogP contribution >= 0.6 is 0 Å². The van der Waals surface area contributed by atoms with Crippen molar-refractivity contribution in [2.45, 2.75) is 43.1 Å². The number of aromatic amines is 2. The molecule has 0 radical (unpaired) electrons. The van der Waals surface area contributed by atoms with E-state index in [0.717, 1.165) is 29.6 Å². The van der Waals surface area contributed by atoms with Crippen LogP contribution in [-0.2, 0) is 12.8 Å². The molecular formula is C31H28N6O2. The van der Waals surface area contributed by atoms with Gasteiger partial charge in [-0.15, -0.1) is 0 Å². The summed E-state index contributed by atoms with van der Waals surface area (Å²) < 4.78 is 5.35. The van der Waals surface area contributed by atoms with Crippen LogP contribution in [0.1, 0.15) is 45.2 Å². The number of hydrogen-bond donors (Lipinski definition) is 3. The van der Waals surface area contributed by atoms with E-state index in [2.05, 4.69) is 80.7 Å². The second-order valence-corrected chi connectivity index (χ2v) is 11.0. The molecule has 8 heteroatoms. The molecule has 1 amide bonds. The van der Waals surface area contributed by atoms with Crippen LogP contribution in [0.4, 0.5) is 0 Å². The van der Waals surface area contributed by atoms with Crippen LogP contribution in [0.3, 0.4) is 0 Å². The molecule has 5 aromatic rings. The van der Waals surface area contributed by atoms with Gasteiger partial charge in [0.1, 0.15) is 6.04 Å². The number of benzene rings is 2. The SMILES string of the molecule is CN1[C@@H]2c3[nH]c4ccccc4c3C[C@H]1[C@H](C#N)N1[C@@H](CNC(=O)c3ccco3)c3[nH]c4ccccc4c3C[C@@H]21. The molecule has 3 N–H and O–H groups in total. The van der Waals surface area contributed by atoms with Crippen LogP contribution in [0.2, 0.25) is 0 Å². The Morgan fingerprint density at radius 2 is 1.64 bits per heavy atom. The number of aromatic nitrogens is 2. The van der Waals surface area contributed by atoms with E-state index in [1.54, 1.807) is 12.1 Å². The number of para-hydroxylation sites is 2. The number of nitrogens with one attached hydrogen (secondary N) is 3. The van der Waals surface area contributed by atoms with Gasteiger partial charge in [0.2, 0.25) is 0 Å². The number of rotatable bonds is 3. The Bertz CT molecular complexity index is 1780. The normalized spacial score (nSPS) is 26.1. The van der Waals surface area contributed by atoms with Crippen molar-refractivity contribution in [3.05, 3.63) is 95.2 Å². The number of nitriles is 1. The molecule has 1 fully saturated rings. The minimum Gasteiger partial charge on any atom is -0.459 e. The van der Waals surface area contributed by atoms with Crippen LogP contribution in [0, 0.1) is 11.3 Å². The van der Waals surface area contributed by atoms with E-state index in [-0.39, 0.29) is 41.9 Å². The first-order chi connectivity index (χ1) is 19.1. The zero-order valence-corrected chi connectivity index (χ0v) is 21.5. The third-order valence-electron chi connectivity index (χ3n) is 9.24. The van der Waals surface area contributed by atoms with E-state index in [4.69, 9.17) is 4.42 Å². The Morgan fingerprint density at radius 1 is 0.974 bits per heavy atom. The minimum absolute atomic E-state index is 0.0390. The zero-order chi connectivity index (χ0) is 26.2. The van der Waals surface area contributed by atoms with E-state index in [0.29, 0.717) is 6.54 Å². The van der Waals surface area contributed by atoms with Gasteiger partial charge < -0.3 is 19.7 Å². The van der Waals surface area contributed by atoms with Crippen molar-refractivity contribution in [1.82, 2.24) is 25.1 Å². The average Bonchev–Trinajstić information content (AvgIpc) is 3.69. The van der Waals surface area contributed by atoms with E-state index in [1.165, 1.54) is 33.9 Å². The highest BCUT2D eigenvalue weighted by Crippen LogP contribution is 2.51. The lowest BCUT2D eigenvalue weighted by Gasteiger charge is -2.58. The zero-order valence-electron chi connectivity index (χ0n) is 21.5. The molecule has 0 spiro atoms. The fourth-order valence-corrected chi connectivity index (χ4v) is 7.59. The molecule has 39 heavy (non-hydrogen) atoms. The van der Waals surface area contributed by atoms with Crippen LogP contribution in [-0.4, -0.2) is 57.4 Å². The quantitative estimate of drug-likeness (QED) is 0.329. The lowest BCUT2D eigenvalue weighted by Crippen LogP contribution is -2.68. The number of carbonyl (C=O) groups is 1. The lowest BCUT2D eigenvalue weighted by molar-refractivity contribution is -0.0722. The molecule has 2 aromatic carbocycles. The number of nitrogens with zero attached hydrogens (tertiary/aromatic N) is 3. The molecule has 0 saturated carbocycles. The molecule has 1 saturated heterocycles. The number of carbonyl (C=O) groups excluding carboxylic acids is 1. The number of likely N-dealkylation sites (N-methyl/N-ethyl adjacent to an activating group) is 1. The topological polar surface area (TPSA) is 104 Å². The molecule has 3 aromatic heterocycles. The van der Waals surface area contributed by atoms with E-state index in [1.807, 2.05) is 6.07 Å². The molecule has 0 unspecified atom stereocenters. The van der Waals surface area contributed by atoms with Crippen LogP contribution < -0.4 is 5.32 Å². The Hall–Kier alpha value is -4.32. The summed E-state index contributed by atoms with van der Waals surface area (Å²) in [5, 5.41) is 16.2. The van der Waals surface area contributed by atoms with Gasteiger partial charge in [0, 0.05) is 51.8 Å². The van der Waals surface area contributed by atoms with Crippen molar-refractivity contribution in [3.8, 4) is 6.07 Å². The minimum atomic E-state index is -0.330. The van der Waals surface area contributed by atoms with E-state index >= 15 is 0 Å². The first-order valence-electron chi connectivity index (χ1n) is 13.5. The molecule has 6 heterocycles. The fraction of sp³-hybridized carbons (Fsp3) is 0.290. The number of H-pyrrole nitrogens is 2. The van der Waals surface area contributed by atoms with Crippen molar-refractivity contribution in [3.63, 3.8) is 0 Å². The summed E-state index contributed by atoms with van der Waals surface area (Å²) >= 11 is 0. The average molecular weight is 517 g/mol. The molecule has 194 valence electrons. The molecular weight excluding hydrogens is 488 g/mol. The molecule has 3 aliphatic heterocycles. The van der Waals surface area contributed by atoms with Crippen LogP contribution in [0.25, 0.3) is 21.8 Å². The maximum atomic E-state index is 12.9. The van der Waals surface area contributed by atoms with Gasteiger partial charge in [-0.1, -0.05) is 36.4 Å². The van der Waals surface area contributed by atoms with Gasteiger partial charge in [0.05, 0.1) is 24.4 Å². The maximum Gasteiger partial charge on any atom is 0.287 e. The third kappa shape index (κ3) is 3.14. The van der Waals surface area contributed by atoms with Gasteiger partial charge in [-0.25, -0.2) is 0 Å². The standard InChI is InChI=1S/C31H28N6O2/c1-36-23-13-20-18-8-3-5-10-22(18)35-29(20)30(36)24-14-19-17-7-2-4-9-21(17)34-28(19)26(37(24)25(23)15-32)16-33-31(38)27-11-6-12-39-27/h2-12,23-26,30,34-35H,13-14,16H2,1H3,(H,33,38)/t23-,24-,25-,26-,30-/m0/s1. The molecule has 2 bridgehead atoms. The highest BCUT2D eigenvalue weighted by Gasteiger charge is 2.55. The summed E-state index contributed by atoms with van der Waals surface area (Å²) in [5.41, 5.74) is 7.19. The first kappa shape index (κ1) is 22.6. The Kier molecular flexibility index (Phi) is 4.84. The van der Waals surface area contributed by atoms with Gasteiger partial charge in [-0.3, -0.25) is 14.6 Å². The van der Waals surface area contributed by atoms with Crippen molar-refractivity contribution < 1.29 is 9.21 Å². The van der Waals surface area contributed by atoms with Gasteiger partial charge >= 0.3 is 0 Å². The highest BCUT2D eigenvalue weighted by molar-refractivity contribution is 5.91. The monoisotopic (exact) mass is 516 g/mol. The number of fused-ring (bicyclic) bond motifs is 11. The lowest BCUT2D eigenvalue weighted by atomic mass is 9.75. The second-order valence-electron chi connectivity index (χ2n) is 11.0. The van der Waals surface area contributed by atoms with E-state index < -0.39 is 0 Å². The number of amides is 1. The van der Waals surface area contributed by atoms with Gasteiger partial charge in [0.25, 0.3) is 5.91 Å². The summed E-state index contributed by atoms with van der Waals surface area (Å²) in [4.78, 5) is 25.2.